The van der Waals surface area contributed by atoms with Gasteiger partial charge in [0.2, 0.25) is 5.62 Å². The van der Waals surface area contributed by atoms with Crippen LogP contribution in [0, 0.1) is 5.41 Å². The molecule has 0 saturated carbocycles. The summed E-state index contributed by atoms with van der Waals surface area (Å²) in [6, 6.07) is 16.2. The third-order valence-corrected chi connectivity index (χ3v) is 6.32. The smallest absolute Gasteiger partial charge is 0.203 e. The van der Waals surface area contributed by atoms with Crippen molar-refractivity contribution in [1.82, 2.24) is 19.0 Å². The highest BCUT2D eigenvalue weighted by Crippen LogP contribution is 2.21. The molecule has 7 nitrogen and oxygen atoms in total. The summed E-state index contributed by atoms with van der Waals surface area (Å²) in [5.41, 5.74) is 5.39. The van der Waals surface area contributed by atoms with Gasteiger partial charge < -0.3 is 19.0 Å². The van der Waals surface area contributed by atoms with Gasteiger partial charge >= 0.3 is 0 Å². The van der Waals surface area contributed by atoms with Crippen molar-refractivity contribution < 1.29 is 9.84 Å². The van der Waals surface area contributed by atoms with Crippen LogP contribution in [0.4, 0.5) is 0 Å². The first-order valence-corrected chi connectivity index (χ1v) is 11.2. The van der Waals surface area contributed by atoms with Crippen molar-refractivity contribution in [2.24, 2.45) is 0 Å². The zero-order valence-corrected chi connectivity index (χ0v) is 18.2. The van der Waals surface area contributed by atoms with Gasteiger partial charge in [-0.3, -0.25) is 15.3 Å². The fraction of sp³-hybridized carbons (Fsp3) is 0.360. The molecule has 2 N–H and O–H groups in total. The highest BCUT2D eigenvalue weighted by molar-refractivity contribution is 5.82. The van der Waals surface area contributed by atoms with Gasteiger partial charge in [0, 0.05) is 37.8 Å². The summed E-state index contributed by atoms with van der Waals surface area (Å²) in [6.45, 7) is 5.91. The van der Waals surface area contributed by atoms with E-state index in [9.17, 15) is 5.11 Å². The van der Waals surface area contributed by atoms with E-state index >= 15 is 0 Å². The number of nitrogens with one attached hydrogen (secondary N) is 1. The lowest BCUT2D eigenvalue weighted by atomic mass is 10.1. The molecule has 1 aliphatic rings. The standard InChI is InChI=1S/C25H29N5O2/c26-25-29(11-3-10-28-12-14-32-15-13-28)22-8-7-19(18-31)16-23(22)30(25)17-21-5-1-4-20-6-2-9-27-24(20)21/h1-2,4-9,16,26,31H,3,10-15,17-18H2. The molecule has 0 aliphatic carbocycles. The summed E-state index contributed by atoms with van der Waals surface area (Å²) >= 11 is 0. The van der Waals surface area contributed by atoms with Crippen LogP contribution in [0.1, 0.15) is 17.5 Å². The van der Waals surface area contributed by atoms with E-state index < -0.39 is 0 Å². The van der Waals surface area contributed by atoms with Crippen molar-refractivity contribution in [3.63, 3.8) is 0 Å². The average Bonchev–Trinajstić information content (AvgIpc) is 3.10. The molecule has 5 rings (SSSR count). The second kappa shape index (κ2) is 9.24. The summed E-state index contributed by atoms with van der Waals surface area (Å²) in [5, 5.41) is 19.8. The Bertz CT molecular complexity index is 1280. The summed E-state index contributed by atoms with van der Waals surface area (Å²) in [4.78, 5) is 7.02. The third kappa shape index (κ3) is 4.07. The van der Waals surface area contributed by atoms with Gasteiger partial charge in [0.05, 0.1) is 42.9 Å². The van der Waals surface area contributed by atoms with E-state index in [-0.39, 0.29) is 6.61 Å². The molecule has 4 aromatic rings. The zero-order valence-electron chi connectivity index (χ0n) is 18.2. The highest BCUT2D eigenvalue weighted by Gasteiger charge is 2.15. The molecule has 2 aromatic heterocycles. The Morgan fingerprint density at radius 2 is 1.81 bits per heavy atom. The molecule has 1 fully saturated rings. The predicted molar refractivity (Wildman–Crippen MR) is 124 cm³/mol. The number of fused-ring (bicyclic) bond motifs is 2. The molecule has 0 unspecified atom stereocenters. The van der Waals surface area contributed by atoms with E-state index in [1.807, 2.05) is 41.1 Å². The number of aliphatic hydroxyl groups excluding tert-OH is 1. The second-order valence-corrected chi connectivity index (χ2v) is 8.34. The van der Waals surface area contributed by atoms with Gasteiger partial charge in [0.25, 0.3) is 0 Å². The molecule has 0 spiro atoms. The Morgan fingerprint density at radius 3 is 2.66 bits per heavy atom. The number of nitrogens with zero attached hydrogens (tertiary/aromatic N) is 4. The number of pyridine rings is 1. The monoisotopic (exact) mass is 431 g/mol. The minimum atomic E-state index is -0.0126. The first-order chi connectivity index (χ1) is 15.7. The Hall–Kier alpha value is -3.00. The number of rotatable bonds is 7. The maximum Gasteiger partial charge on any atom is 0.203 e. The van der Waals surface area contributed by atoms with E-state index in [4.69, 9.17) is 10.1 Å². The van der Waals surface area contributed by atoms with Gasteiger partial charge in [-0.1, -0.05) is 30.3 Å². The molecule has 2 aromatic carbocycles. The van der Waals surface area contributed by atoms with Crippen LogP contribution < -0.4 is 5.62 Å². The normalized spacial score (nSPS) is 15.0. The van der Waals surface area contributed by atoms with Crippen LogP contribution >= 0.6 is 0 Å². The third-order valence-electron chi connectivity index (χ3n) is 6.32. The van der Waals surface area contributed by atoms with Crippen molar-refractivity contribution in [2.75, 3.05) is 32.8 Å². The predicted octanol–water partition coefficient (Wildman–Crippen LogP) is 2.73. The van der Waals surface area contributed by atoms with Crippen molar-refractivity contribution in [3.05, 3.63) is 71.5 Å². The average molecular weight is 432 g/mol. The summed E-state index contributed by atoms with van der Waals surface area (Å²) in [6.07, 6.45) is 2.80. The number of imidazole rings is 1. The topological polar surface area (TPSA) is 79.3 Å². The Morgan fingerprint density at radius 1 is 0.969 bits per heavy atom. The first-order valence-electron chi connectivity index (χ1n) is 11.2. The fourth-order valence-corrected chi connectivity index (χ4v) is 4.61. The zero-order chi connectivity index (χ0) is 21.9. The Labute approximate surface area is 187 Å². The molecule has 0 bridgehead atoms. The molecular formula is C25H29N5O2. The number of aryl methyl sites for hydroxylation is 1. The van der Waals surface area contributed by atoms with Crippen LogP contribution in [-0.4, -0.2) is 57.0 Å². The van der Waals surface area contributed by atoms with Gasteiger partial charge in [0.15, 0.2) is 0 Å². The highest BCUT2D eigenvalue weighted by atomic mass is 16.5. The minimum absolute atomic E-state index is 0.0126. The number of ether oxygens (including phenoxy) is 1. The van der Waals surface area contributed by atoms with Crippen LogP contribution in [0.3, 0.4) is 0 Å². The largest absolute Gasteiger partial charge is 0.392 e. The van der Waals surface area contributed by atoms with E-state index in [1.54, 1.807) is 0 Å². The quantitative estimate of drug-likeness (QED) is 0.472. The molecule has 0 radical (unpaired) electrons. The molecule has 1 aliphatic heterocycles. The molecule has 7 heteroatoms. The van der Waals surface area contributed by atoms with Crippen LogP contribution in [0.5, 0.6) is 0 Å². The van der Waals surface area contributed by atoms with Crippen molar-refractivity contribution in [1.29, 1.82) is 5.41 Å². The van der Waals surface area contributed by atoms with Gasteiger partial charge in [-0.15, -0.1) is 0 Å². The Balaban J connectivity index is 1.50. The van der Waals surface area contributed by atoms with E-state index in [0.29, 0.717) is 12.2 Å². The van der Waals surface area contributed by atoms with Crippen molar-refractivity contribution in [2.45, 2.75) is 26.1 Å². The number of aromatic nitrogens is 3. The lowest BCUT2D eigenvalue weighted by molar-refractivity contribution is 0.0369. The molecule has 166 valence electrons. The van der Waals surface area contributed by atoms with Gasteiger partial charge in [-0.25, -0.2) is 0 Å². The number of para-hydroxylation sites is 1. The molecule has 32 heavy (non-hydrogen) atoms. The van der Waals surface area contributed by atoms with Crippen molar-refractivity contribution in [3.8, 4) is 0 Å². The maximum absolute atomic E-state index is 9.69. The number of hydrogen-bond acceptors (Lipinski definition) is 5. The fourth-order valence-electron chi connectivity index (χ4n) is 4.61. The SMILES string of the molecule is N=c1n(CCCN2CCOCC2)c2ccc(CO)cc2n1Cc1cccc2cccnc12. The molecule has 0 atom stereocenters. The van der Waals surface area contributed by atoms with Gasteiger partial charge in [-0.05, 0) is 35.7 Å². The number of aliphatic hydroxyl groups is 1. The van der Waals surface area contributed by atoms with Crippen LogP contribution in [0.15, 0.2) is 54.7 Å². The maximum atomic E-state index is 9.69. The molecule has 0 amide bonds. The number of hydrogen-bond donors (Lipinski definition) is 2. The second-order valence-electron chi connectivity index (χ2n) is 8.34. The number of morpholine rings is 1. The molecular weight excluding hydrogens is 402 g/mol. The molecule has 1 saturated heterocycles. The van der Waals surface area contributed by atoms with E-state index in [0.717, 1.165) is 78.9 Å². The summed E-state index contributed by atoms with van der Waals surface area (Å²) in [7, 11) is 0. The van der Waals surface area contributed by atoms with E-state index in [2.05, 4.69) is 32.7 Å². The van der Waals surface area contributed by atoms with E-state index in [1.165, 1.54) is 0 Å². The minimum Gasteiger partial charge on any atom is -0.392 e. The van der Waals surface area contributed by atoms with Crippen LogP contribution in [0.25, 0.3) is 21.9 Å². The van der Waals surface area contributed by atoms with Crippen LogP contribution in [0.2, 0.25) is 0 Å². The number of benzene rings is 2. The lowest BCUT2D eigenvalue weighted by Crippen LogP contribution is -2.37. The molecule has 3 heterocycles. The first kappa shape index (κ1) is 20.9. The van der Waals surface area contributed by atoms with Crippen molar-refractivity contribution >= 4 is 21.9 Å². The summed E-state index contributed by atoms with van der Waals surface area (Å²) < 4.78 is 9.57. The van der Waals surface area contributed by atoms with Gasteiger partial charge in [0.1, 0.15) is 0 Å². The Kier molecular flexibility index (Phi) is 6.03. The summed E-state index contributed by atoms with van der Waals surface area (Å²) in [5.74, 6) is 0. The lowest BCUT2D eigenvalue weighted by Gasteiger charge is -2.26. The van der Waals surface area contributed by atoms with Gasteiger partial charge in [-0.2, -0.15) is 0 Å². The van der Waals surface area contributed by atoms with Crippen LogP contribution in [-0.2, 0) is 24.4 Å².